The molecule has 0 aromatic carbocycles. The van der Waals surface area contributed by atoms with Crippen LogP contribution >= 0.6 is 11.8 Å². The van der Waals surface area contributed by atoms with E-state index in [1.165, 1.54) is 11.8 Å². The van der Waals surface area contributed by atoms with Crippen LogP contribution in [0.25, 0.3) is 0 Å². The highest BCUT2D eigenvalue weighted by atomic mass is 32.2. The molecule has 0 spiro atoms. The zero-order valence-corrected chi connectivity index (χ0v) is 11.1. The number of carbonyl (C=O) groups is 1. The molecule has 3 atom stereocenters. The third-order valence-electron chi connectivity index (χ3n) is 3.69. The van der Waals surface area contributed by atoms with E-state index >= 15 is 0 Å². The van der Waals surface area contributed by atoms with Crippen molar-refractivity contribution in [3.8, 4) is 6.07 Å². The van der Waals surface area contributed by atoms with Crippen LogP contribution in [0.1, 0.15) is 24.3 Å². The molecular formula is C14H13N3OS. The van der Waals surface area contributed by atoms with Crippen LogP contribution < -0.4 is 0 Å². The lowest BCUT2D eigenvalue weighted by Crippen LogP contribution is -2.25. The summed E-state index contributed by atoms with van der Waals surface area (Å²) in [4.78, 5) is 16.4. The van der Waals surface area contributed by atoms with Crippen molar-refractivity contribution in [3.63, 3.8) is 0 Å². The van der Waals surface area contributed by atoms with E-state index in [0.29, 0.717) is 5.04 Å². The van der Waals surface area contributed by atoms with E-state index in [-0.39, 0.29) is 22.9 Å². The average molecular weight is 271 g/mol. The lowest BCUT2D eigenvalue weighted by atomic mass is 9.83. The number of thioether (sulfide) groups is 1. The van der Waals surface area contributed by atoms with Crippen LogP contribution in [0.2, 0.25) is 0 Å². The zero-order chi connectivity index (χ0) is 13.4. The van der Waals surface area contributed by atoms with Crippen LogP contribution in [0.15, 0.2) is 24.5 Å². The summed E-state index contributed by atoms with van der Waals surface area (Å²) in [6.07, 6.45) is 5.30. The Balaban J connectivity index is 1.97. The van der Waals surface area contributed by atoms with Crippen LogP contribution in [0.3, 0.4) is 0 Å². The molecule has 96 valence electrons. The number of aromatic nitrogens is 1. The fourth-order valence-electron chi connectivity index (χ4n) is 2.54. The number of hydrogen-bond acceptors (Lipinski definition) is 5. The average Bonchev–Trinajstić information content (AvgIpc) is 3.22. The monoisotopic (exact) mass is 271 g/mol. The van der Waals surface area contributed by atoms with Crippen molar-refractivity contribution in [2.24, 2.45) is 11.8 Å². The highest BCUT2D eigenvalue weighted by Crippen LogP contribution is 2.48. The maximum Gasteiger partial charge on any atom is 0.149 e. The van der Waals surface area contributed by atoms with E-state index in [1.54, 1.807) is 12.4 Å². The first-order chi connectivity index (χ1) is 9.22. The number of nitrogens with one attached hydrogen (secondary N) is 1. The van der Waals surface area contributed by atoms with Gasteiger partial charge in [0.1, 0.15) is 11.7 Å². The van der Waals surface area contributed by atoms with Gasteiger partial charge in [-0.3, -0.25) is 15.2 Å². The molecule has 1 unspecified atom stereocenters. The Morgan fingerprint density at radius 1 is 1.53 bits per heavy atom. The minimum Gasteiger partial charge on any atom is -0.298 e. The van der Waals surface area contributed by atoms with Gasteiger partial charge in [0.25, 0.3) is 0 Å². The van der Waals surface area contributed by atoms with E-state index in [9.17, 15) is 10.1 Å². The Kier molecular flexibility index (Phi) is 3.11. The Hall–Kier alpha value is -1.67. The van der Waals surface area contributed by atoms with Gasteiger partial charge in [0.05, 0.1) is 16.4 Å². The van der Waals surface area contributed by atoms with E-state index in [1.807, 2.05) is 12.1 Å². The van der Waals surface area contributed by atoms with Gasteiger partial charge in [-0.1, -0.05) is 17.8 Å². The predicted octanol–water partition coefficient (Wildman–Crippen LogP) is 2.38. The summed E-state index contributed by atoms with van der Waals surface area (Å²) in [5.41, 5.74) is 0.891. The Morgan fingerprint density at radius 2 is 2.32 bits per heavy atom. The summed E-state index contributed by atoms with van der Waals surface area (Å²) < 4.78 is 0. The van der Waals surface area contributed by atoms with Crippen LogP contribution in [0, 0.1) is 28.6 Å². The fraction of sp³-hybridized carbons (Fsp3) is 0.429. The first-order valence-electron chi connectivity index (χ1n) is 6.30. The number of nitrogens with zero attached hydrogens (tertiary/aromatic N) is 2. The molecule has 1 aliphatic heterocycles. The molecule has 1 aliphatic carbocycles. The second-order valence-corrected chi connectivity index (χ2v) is 6.18. The largest absolute Gasteiger partial charge is 0.298 e. The van der Waals surface area contributed by atoms with E-state index in [2.05, 4.69) is 11.1 Å². The molecule has 1 saturated heterocycles. The molecule has 1 N–H and O–H groups in total. The maximum absolute atomic E-state index is 12.4. The number of hydrogen-bond donors (Lipinski definition) is 1. The standard InChI is InChI=1S/C14H13N3OS/c15-6-10-11(9-2-1-5-17-7-9)13(19-14(10)16)12(18)8-3-4-8/h1-2,5,7-8,10-11,13,16H,3-4H2/t10?,11-,13+/m1/s1. The molecule has 2 aliphatic rings. The molecule has 0 amide bonds. The van der Waals surface area contributed by atoms with E-state index in [0.717, 1.165) is 18.4 Å². The summed E-state index contributed by atoms with van der Waals surface area (Å²) in [5.74, 6) is -0.366. The lowest BCUT2D eigenvalue weighted by Gasteiger charge is -2.18. The maximum atomic E-state index is 12.4. The molecular weight excluding hydrogens is 258 g/mol. The molecule has 1 aromatic heterocycles. The number of rotatable bonds is 3. The van der Waals surface area contributed by atoms with Crippen molar-refractivity contribution in [3.05, 3.63) is 30.1 Å². The molecule has 19 heavy (non-hydrogen) atoms. The first-order valence-corrected chi connectivity index (χ1v) is 7.18. The van der Waals surface area contributed by atoms with Crippen LogP contribution in [0.5, 0.6) is 0 Å². The number of ketones is 1. The quantitative estimate of drug-likeness (QED) is 0.915. The minimum atomic E-state index is -0.512. The topological polar surface area (TPSA) is 77.6 Å². The highest BCUT2D eigenvalue weighted by molar-refractivity contribution is 8.15. The molecule has 1 aromatic rings. The third kappa shape index (κ3) is 2.17. The van der Waals surface area contributed by atoms with E-state index < -0.39 is 5.92 Å². The van der Waals surface area contributed by atoms with Crippen LogP contribution in [-0.2, 0) is 4.79 Å². The summed E-state index contributed by atoms with van der Waals surface area (Å²) in [5, 5.41) is 17.3. The first kappa shape index (κ1) is 12.4. The van der Waals surface area contributed by atoms with Gasteiger partial charge in [0.15, 0.2) is 0 Å². The SMILES string of the molecule is N#CC1C(=N)S[C@H](C(=O)C2CC2)[C@@H]1c1cccnc1. The molecule has 2 fully saturated rings. The van der Waals surface area contributed by atoms with Crippen molar-refractivity contribution in [1.29, 1.82) is 10.7 Å². The molecule has 1 saturated carbocycles. The summed E-state index contributed by atoms with van der Waals surface area (Å²) in [6, 6.07) is 5.89. The van der Waals surface area contributed by atoms with E-state index in [4.69, 9.17) is 5.41 Å². The second-order valence-electron chi connectivity index (χ2n) is 5.00. The van der Waals surface area contributed by atoms with Gasteiger partial charge in [-0.25, -0.2) is 0 Å². The van der Waals surface area contributed by atoms with Crippen molar-refractivity contribution in [1.82, 2.24) is 4.98 Å². The highest BCUT2D eigenvalue weighted by Gasteiger charge is 2.49. The summed E-state index contributed by atoms with van der Waals surface area (Å²) in [7, 11) is 0. The predicted molar refractivity (Wildman–Crippen MR) is 72.9 cm³/mol. The van der Waals surface area contributed by atoms with Crippen molar-refractivity contribution in [2.75, 3.05) is 0 Å². The zero-order valence-electron chi connectivity index (χ0n) is 10.2. The number of nitriles is 1. The molecule has 0 radical (unpaired) electrons. The molecule has 5 heteroatoms. The fourth-order valence-corrected chi connectivity index (χ4v) is 3.92. The molecule has 3 rings (SSSR count). The normalized spacial score (nSPS) is 30.1. The van der Waals surface area contributed by atoms with Crippen LogP contribution in [0.4, 0.5) is 0 Å². The van der Waals surface area contributed by atoms with Gasteiger partial charge in [-0.15, -0.1) is 0 Å². The van der Waals surface area contributed by atoms with Crippen LogP contribution in [-0.4, -0.2) is 21.1 Å². The number of pyridine rings is 1. The number of Topliss-reactive ketones (excluding diaryl/α,β-unsaturated/α-hetero) is 1. The minimum absolute atomic E-state index is 0.155. The van der Waals surface area contributed by atoms with Gasteiger partial charge in [0, 0.05) is 24.2 Å². The van der Waals surface area contributed by atoms with Crippen molar-refractivity contribution in [2.45, 2.75) is 24.0 Å². The molecule has 2 heterocycles. The lowest BCUT2D eigenvalue weighted by molar-refractivity contribution is -0.120. The number of carbonyl (C=O) groups excluding carboxylic acids is 1. The second kappa shape index (κ2) is 4.78. The summed E-state index contributed by atoms with van der Waals surface area (Å²) >= 11 is 1.26. The van der Waals surface area contributed by atoms with Gasteiger partial charge >= 0.3 is 0 Å². The van der Waals surface area contributed by atoms with Crippen molar-refractivity contribution >= 4 is 22.6 Å². The van der Waals surface area contributed by atoms with Gasteiger partial charge in [-0.2, -0.15) is 5.26 Å². The third-order valence-corrected chi connectivity index (χ3v) is 4.98. The Bertz CT molecular complexity index is 562. The Morgan fingerprint density at radius 3 is 2.89 bits per heavy atom. The molecule has 0 bridgehead atoms. The van der Waals surface area contributed by atoms with Gasteiger partial charge in [-0.05, 0) is 24.5 Å². The van der Waals surface area contributed by atoms with Crippen molar-refractivity contribution < 1.29 is 4.79 Å². The van der Waals surface area contributed by atoms with Gasteiger partial charge < -0.3 is 0 Å². The smallest absolute Gasteiger partial charge is 0.149 e. The van der Waals surface area contributed by atoms with Gasteiger partial charge in [0.2, 0.25) is 0 Å². The Labute approximate surface area is 115 Å². The molecule has 4 nitrogen and oxygen atoms in total. The summed E-state index contributed by atoms with van der Waals surface area (Å²) in [6.45, 7) is 0.